The van der Waals surface area contributed by atoms with Gasteiger partial charge in [0.15, 0.2) is 23.0 Å². The summed E-state index contributed by atoms with van der Waals surface area (Å²) in [7, 11) is 0. The van der Waals surface area contributed by atoms with Crippen LogP contribution in [0.1, 0.15) is 101 Å². The zero-order valence-electron chi connectivity index (χ0n) is 32.6. The number of benzene rings is 4. The fraction of sp³-hybridized carbons (Fsp3) is 0.400. The first-order valence-corrected chi connectivity index (χ1v) is 19.4. The lowest BCUT2D eigenvalue weighted by molar-refractivity contribution is 0.245. The lowest BCUT2D eigenvalue weighted by Crippen LogP contribution is -2.04. The van der Waals surface area contributed by atoms with Crippen LogP contribution >= 0.6 is 0 Å². The van der Waals surface area contributed by atoms with Crippen LogP contribution < -0.4 is 18.9 Å². The topological polar surface area (TPSA) is 116 Å². The molecule has 0 bridgehead atoms. The van der Waals surface area contributed by atoms with Gasteiger partial charge in [-0.15, -0.1) is 10.2 Å². The Hall–Kier alpha value is -5.31. The van der Waals surface area contributed by atoms with E-state index >= 15 is 0 Å². The number of hydrogen-bond acceptors (Lipinski definition) is 9. The molecule has 9 heteroatoms. The Morgan fingerprint density at radius 3 is 1.20 bits per heavy atom. The SMILES string of the molecule is CCCCCCOc1c(CC)ccc(O)c1OCc1ccccc1.CCCCCCOc1c(CC)ccc(O)c1OCc1ccccc1.c1cnnnc1. The van der Waals surface area contributed by atoms with Crippen LogP contribution in [-0.4, -0.2) is 38.8 Å². The predicted octanol–water partition coefficient (Wildman–Crippen LogP) is 10.9. The third-order valence-corrected chi connectivity index (χ3v) is 8.46. The molecule has 0 saturated carbocycles. The molecule has 0 saturated heterocycles. The van der Waals surface area contributed by atoms with Gasteiger partial charge in [-0.2, -0.15) is 0 Å². The maximum absolute atomic E-state index is 10.2. The van der Waals surface area contributed by atoms with Gasteiger partial charge in [0.1, 0.15) is 13.2 Å². The van der Waals surface area contributed by atoms with E-state index in [0.717, 1.165) is 60.8 Å². The molecule has 0 unspecified atom stereocenters. The first-order chi connectivity index (χ1) is 26.5. The summed E-state index contributed by atoms with van der Waals surface area (Å²) in [6.45, 7) is 10.7. The number of phenolic OH excluding ortho intramolecular Hbond substituents is 2. The molecular weight excluding hydrogens is 679 g/mol. The molecule has 54 heavy (non-hydrogen) atoms. The van der Waals surface area contributed by atoms with E-state index in [0.29, 0.717) is 49.4 Å². The summed E-state index contributed by atoms with van der Waals surface area (Å²) in [4.78, 5) is 0. The van der Waals surface area contributed by atoms with Gasteiger partial charge < -0.3 is 29.2 Å². The van der Waals surface area contributed by atoms with Crippen LogP contribution in [0.4, 0.5) is 0 Å². The number of phenols is 2. The summed E-state index contributed by atoms with van der Waals surface area (Å²) >= 11 is 0. The number of unbranched alkanes of at least 4 members (excludes halogenated alkanes) is 6. The van der Waals surface area contributed by atoms with E-state index in [1.807, 2.05) is 72.8 Å². The molecule has 0 aliphatic heterocycles. The van der Waals surface area contributed by atoms with Crippen LogP contribution in [0.25, 0.3) is 0 Å². The van der Waals surface area contributed by atoms with Gasteiger partial charge in [0.05, 0.1) is 25.6 Å². The van der Waals surface area contributed by atoms with Crippen molar-refractivity contribution in [1.82, 2.24) is 15.4 Å². The highest BCUT2D eigenvalue weighted by Gasteiger charge is 2.17. The number of aromatic hydroxyl groups is 2. The zero-order chi connectivity index (χ0) is 38.6. The first kappa shape index (κ1) is 43.1. The molecular formula is C45H59N3O6. The molecule has 290 valence electrons. The smallest absolute Gasteiger partial charge is 0.203 e. The van der Waals surface area contributed by atoms with Crippen molar-refractivity contribution in [2.45, 2.75) is 105 Å². The Labute approximate surface area is 322 Å². The van der Waals surface area contributed by atoms with Crippen LogP contribution in [0, 0.1) is 0 Å². The second kappa shape index (κ2) is 26.5. The van der Waals surface area contributed by atoms with E-state index in [2.05, 4.69) is 43.1 Å². The van der Waals surface area contributed by atoms with E-state index in [-0.39, 0.29) is 11.5 Å². The fourth-order valence-electron chi connectivity index (χ4n) is 5.41. The van der Waals surface area contributed by atoms with Gasteiger partial charge in [0, 0.05) is 0 Å². The monoisotopic (exact) mass is 737 g/mol. The summed E-state index contributed by atoms with van der Waals surface area (Å²) in [5, 5.41) is 30.6. The quantitative estimate of drug-likeness (QED) is 0.0753. The van der Waals surface area contributed by atoms with Crippen molar-refractivity contribution in [1.29, 1.82) is 0 Å². The highest BCUT2D eigenvalue weighted by Crippen LogP contribution is 2.41. The van der Waals surface area contributed by atoms with Crippen LogP contribution in [0.2, 0.25) is 0 Å². The van der Waals surface area contributed by atoms with Gasteiger partial charge in [0.2, 0.25) is 11.5 Å². The van der Waals surface area contributed by atoms with Crippen molar-refractivity contribution in [2.75, 3.05) is 13.2 Å². The molecule has 0 spiro atoms. The second-order valence-corrected chi connectivity index (χ2v) is 12.7. The molecule has 0 amide bonds. The molecule has 0 atom stereocenters. The van der Waals surface area contributed by atoms with Crippen LogP contribution in [0.5, 0.6) is 34.5 Å². The molecule has 4 aromatic carbocycles. The summed E-state index contributed by atoms with van der Waals surface area (Å²) in [6.07, 6.45) is 14.1. The van der Waals surface area contributed by atoms with E-state index < -0.39 is 0 Å². The number of aryl methyl sites for hydroxylation is 2. The van der Waals surface area contributed by atoms with Gasteiger partial charge in [-0.1, -0.05) is 139 Å². The van der Waals surface area contributed by atoms with Crippen LogP contribution in [0.3, 0.4) is 0 Å². The number of hydrogen-bond donors (Lipinski definition) is 2. The van der Waals surface area contributed by atoms with Crippen molar-refractivity contribution >= 4 is 0 Å². The summed E-state index contributed by atoms with van der Waals surface area (Å²) < 4.78 is 23.8. The van der Waals surface area contributed by atoms with Crippen molar-refractivity contribution in [3.63, 3.8) is 0 Å². The molecule has 2 N–H and O–H groups in total. The van der Waals surface area contributed by atoms with Gasteiger partial charge in [-0.05, 0) is 71.3 Å². The van der Waals surface area contributed by atoms with Gasteiger partial charge >= 0.3 is 0 Å². The highest BCUT2D eigenvalue weighted by molar-refractivity contribution is 5.56. The van der Waals surface area contributed by atoms with E-state index in [4.69, 9.17) is 18.9 Å². The summed E-state index contributed by atoms with van der Waals surface area (Å²) in [6, 6.07) is 28.8. The van der Waals surface area contributed by atoms with E-state index in [9.17, 15) is 10.2 Å². The molecule has 5 aromatic rings. The summed E-state index contributed by atoms with van der Waals surface area (Å²) in [5.41, 5.74) is 4.25. The highest BCUT2D eigenvalue weighted by atomic mass is 16.5. The Kier molecular flexibility index (Phi) is 21.1. The maximum Gasteiger partial charge on any atom is 0.203 e. The Balaban J connectivity index is 0.000000251. The molecule has 5 rings (SSSR count). The molecule has 1 aromatic heterocycles. The Morgan fingerprint density at radius 2 is 0.870 bits per heavy atom. The third kappa shape index (κ3) is 15.7. The predicted molar refractivity (Wildman–Crippen MR) is 216 cm³/mol. The van der Waals surface area contributed by atoms with E-state index in [1.165, 1.54) is 25.7 Å². The largest absolute Gasteiger partial charge is 0.504 e. The molecule has 0 aliphatic rings. The fourth-order valence-corrected chi connectivity index (χ4v) is 5.41. The van der Waals surface area contributed by atoms with Crippen molar-refractivity contribution in [2.24, 2.45) is 0 Å². The number of aromatic nitrogens is 3. The van der Waals surface area contributed by atoms with Gasteiger partial charge in [0.25, 0.3) is 0 Å². The second-order valence-electron chi connectivity index (χ2n) is 12.7. The molecule has 1 heterocycles. The molecule has 9 nitrogen and oxygen atoms in total. The molecule has 0 fully saturated rings. The van der Waals surface area contributed by atoms with Gasteiger partial charge in [-0.25, -0.2) is 0 Å². The standard InChI is InChI=1S/2C21H28O3.C3H3N3/c2*1-3-5-6-10-15-23-20-18(4-2)13-14-19(22)21(20)24-16-17-11-8-7-9-12-17;1-2-4-6-5-3-1/h2*7-9,11-14,22H,3-6,10,15-16H2,1-2H3;1-3H. The molecule has 0 aliphatic carbocycles. The van der Waals surface area contributed by atoms with Crippen LogP contribution in [0.15, 0.2) is 103 Å². The Morgan fingerprint density at radius 1 is 0.444 bits per heavy atom. The van der Waals surface area contributed by atoms with E-state index in [1.54, 1.807) is 30.6 Å². The zero-order valence-corrected chi connectivity index (χ0v) is 32.6. The number of nitrogens with zero attached hydrogens (tertiary/aromatic N) is 3. The average Bonchev–Trinajstić information content (AvgIpc) is 3.22. The minimum Gasteiger partial charge on any atom is -0.504 e. The van der Waals surface area contributed by atoms with Gasteiger partial charge in [-0.3, -0.25) is 0 Å². The molecule has 0 radical (unpaired) electrons. The summed E-state index contributed by atoms with van der Waals surface area (Å²) in [5.74, 6) is 2.54. The lowest BCUT2D eigenvalue weighted by Gasteiger charge is -2.17. The Bertz CT molecular complexity index is 1550. The average molecular weight is 738 g/mol. The third-order valence-electron chi connectivity index (χ3n) is 8.46. The number of rotatable bonds is 20. The van der Waals surface area contributed by atoms with Crippen LogP contribution in [-0.2, 0) is 26.1 Å². The maximum atomic E-state index is 10.2. The number of ether oxygens (including phenoxy) is 4. The minimum atomic E-state index is 0.131. The lowest BCUT2D eigenvalue weighted by atomic mass is 10.1. The van der Waals surface area contributed by atoms with Crippen molar-refractivity contribution < 1.29 is 29.2 Å². The minimum absolute atomic E-state index is 0.131. The van der Waals surface area contributed by atoms with Crippen molar-refractivity contribution in [3.8, 4) is 34.5 Å². The normalized spacial score (nSPS) is 10.3. The first-order valence-electron chi connectivity index (χ1n) is 19.4. The van der Waals surface area contributed by atoms with Crippen molar-refractivity contribution in [3.05, 3.63) is 126 Å².